The number of anilines is 2. The summed E-state index contributed by atoms with van der Waals surface area (Å²) in [6.45, 7) is 3.24. The molecule has 1 aliphatic heterocycles. The monoisotopic (exact) mass is 568 g/mol. The smallest absolute Gasteiger partial charge is 0.269 e. The molecule has 1 atom stereocenters. The average molecular weight is 569 g/mol. The van der Waals surface area contributed by atoms with Gasteiger partial charge in [0.05, 0.1) is 11.5 Å². The largest absolute Gasteiger partial charge is 0.490 e. The number of hydrogen-bond acceptors (Lipinski definition) is 8. The molecule has 39 heavy (non-hydrogen) atoms. The zero-order chi connectivity index (χ0) is 27.4. The van der Waals surface area contributed by atoms with Crippen molar-refractivity contribution in [2.45, 2.75) is 12.1 Å². The molecule has 5 rings (SSSR count). The van der Waals surface area contributed by atoms with E-state index in [4.69, 9.17) is 27.9 Å². The number of benzene rings is 3. The fraction of sp³-hybridized carbons (Fsp3) is 0.259. The van der Waals surface area contributed by atoms with Gasteiger partial charge in [-0.3, -0.25) is 10.1 Å². The number of nitro groups is 1. The SMILES string of the molecule is O=[N+]([O-])c1ccc(N2CCN(c3ccc(OCC(O)(Cn4cncn4)c4ccc(Cl)cc4Cl)cc3)CC2)cc1. The average Bonchev–Trinajstić information content (AvgIpc) is 3.45. The van der Waals surface area contributed by atoms with E-state index in [2.05, 4.69) is 19.9 Å². The first-order valence-corrected chi connectivity index (χ1v) is 13.0. The van der Waals surface area contributed by atoms with E-state index in [0.29, 0.717) is 21.4 Å². The second-order valence-corrected chi connectivity index (χ2v) is 10.1. The molecule has 2 heterocycles. The van der Waals surface area contributed by atoms with Gasteiger partial charge in [0.25, 0.3) is 5.69 Å². The molecule has 0 spiro atoms. The highest BCUT2D eigenvalue weighted by atomic mass is 35.5. The fourth-order valence-corrected chi connectivity index (χ4v) is 5.21. The van der Waals surface area contributed by atoms with Crippen molar-refractivity contribution in [3.8, 4) is 5.75 Å². The maximum absolute atomic E-state index is 11.6. The molecule has 0 aliphatic carbocycles. The van der Waals surface area contributed by atoms with Gasteiger partial charge in [0, 0.05) is 65.3 Å². The number of ether oxygens (including phenoxy) is 1. The quantitative estimate of drug-likeness (QED) is 0.227. The summed E-state index contributed by atoms with van der Waals surface area (Å²) in [6.07, 6.45) is 2.92. The van der Waals surface area contributed by atoms with Crippen LogP contribution in [0, 0.1) is 10.1 Å². The van der Waals surface area contributed by atoms with Crippen molar-refractivity contribution in [3.05, 3.63) is 105 Å². The van der Waals surface area contributed by atoms with Gasteiger partial charge in [0.15, 0.2) is 0 Å². The second kappa shape index (κ2) is 11.5. The van der Waals surface area contributed by atoms with E-state index in [1.165, 1.54) is 29.5 Å². The van der Waals surface area contributed by atoms with Crippen LogP contribution in [0.15, 0.2) is 79.4 Å². The molecule has 0 bridgehead atoms. The Morgan fingerprint density at radius 1 is 0.949 bits per heavy atom. The van der Waals surface area contributed by atoms with Crippen molar-refractivity contribution in [1.29, 1.82) is 0 Å². The number of halogens is 2. The molecule has 0 saturated carbocycles. The van der Waals surface area contributed by atoms with Gasteiger partial charge in [-0.2, -0.15) is 5.10 Å². The Kier molecular flexibility index (Phi) is 7.87. The lowest BCUT2D eigenvalue weighted by Gasteiger charge is -2.37. The Morgan fingerprint density at radius 3 is 2.10 bits per heavy atom. The molecule has 202 valence electrons. The lowest BCUT2D eigenvalue weighted by atomic mass is 9.94. The number of aromatic nitrogens is 3. The summed E-state index contributed by atoms with van der Waals surface area (Å²) in [7, 11) is 0. The zero-order valence-corrected chi connectivity index (χ0v) is 22.4. The van der Waals surface area contributed by atoms with Gasteiger partial charge in [-0.1, -0.05) is 29.3 Å². The van der Waals surface area contributed by atoms with Gasteiger partial charge in [0.1, 0.15) is 30.6 Å². The van der Waals surface area contributed by atoms with Gasteiger partial charge >= 0.3 is 0 Å². The van der Waals surface area contributed by atoms with Gasteiger partial charge in [0.2, 0.25) is 0 Å². The molecule has 1 N–H and O–H groups in total. The molecular weight excluding hydrogens is 543 g/mol. The molecule has 3 aromatic carbocycles. The van der Waals surface area contributed by atoms with Crippen molar-refractivity contribution >= 4 is 40.3 Å². The van der Waals surface area contributed by atoms with Crippen molar-refractivity contribution in [1.82, 2.24) is 14.8 Å². The molecule has 0 amide bonds. The van der Waals surface area contributed by atoms with E-state index in [9.17, 15) is 15.2 Å². The summed E-state index contributed by atoms with van der Waals surface area (Å²) < 4.78 is 7.55. The van der Waals surface area contributed by atoms with Crippen LogP contribution in [0.4, 0.5) is 17.1 Å². The van der Waals surface area contributed by atoms with Crippen LogP contribution in [0.2, 0.25) is 10.0 Å². The number of rotatable bonds is 9. The van der Waals surface area contributed by atoms with Gasteiger partial charge < -0.3 is 19.6 Å². The van der Waals surface area contributed by atoms with E-state index >= 15 is 0 Å². The third-order valence-electron chi connectivity index (χ3n) is 6.71. The molecule has 10 nitrogen and oxygen atoms in total. The van der Waals surface area contributed by atoms with E-state index in [0.717, 1.165) is 37.6 Å². The Bertz CT molecular complexity index is 1410. The first kappa shape index (κ1) is 26.7. The molecule has 4 aromatic rings. The predicted octanol–water partition coefficient (Wildman–Crippen LogP) is 4.79. The summed E-state index contributed by atoms with van der Waals surface area (Å²) in [5.74, 6) is 0.602. The Morgan fingerprint density at radius 2 is 1.56 bits per heavy atom. The van der Waals surface area contributed by atoms with Crippen LogP contribution < -0.4 is 14.5 Å². The highest BCUT2D eigenvalue weighted by Gasteiger charge is 2.34. The topological polar surface area (TPSA) is 110 Å². The fourth-order valence-electron chi connectivity index (χ4n) is 4.62. The summed E-state index contributed by atoms with van der Waals surface area (Å²) in [5, 5.41) is 27.4. The summed E-state index contributed by atoms with van der Waals surface area (Å²) >= 11 is 12.5. The minimum absolute atomic E-state index is 0.0680. The third-order valence-corrected chi connectivity index (χ3v) is 7.26. The summed E-state index contributed by atoms with van der Waals surface area (Å²) in [5.41, 5.74) is 1.12. The van der Waals surface area contributed by atoms with Gasteiger partial charge in [-0.05, 0) is 48.5 Å². The minimum atomic E-state index is -1.48. The van der Waals surface area contributed by atoms with E-state index in [-0.39, 0.29) is 23.8 Å². The van der Waals surface area contributed by atoms with Crippen LogP contribution in [-0.4, -0.2) is 57.6 Å². The van der Waals surface area contributed by atoms with E-state index in [1.54, 1.807) is 30.3 Å². The Hall–Kier alpha value is -3.86. The highest BCUT2D eigenvalue weighted by molar-refractivity contribution is 6.35. The first-order chi connectivity index (χ1) is 18.8. The number of piperazine rings is 1. The normalized spacial score (nSPS) is 15.2. The van der Waals surface area contributed by atoms with Gasteiger partial charge in [-0.15, -0.1) is 0 Å². The molecule has 12 heteroatoms. The highest BCUT2D eigenvalue weighted by Crippen LogP contribution is 2.33. The predicted molar refractivity (Wildman–Crippen MR) is 150 cm³/mol. The van der Waals surface area contributed by atoms with Crippen molar-refractivity contribution in [2.24, 2.45) is 0 Å². The molecular formula is C27H26Cl2N6O4. The maximum Gasteiger partial charge on any atom is 0.269 e. The number of hydrogen-bond donors (Lipinski definition) is 1. The third kappa shape index (κ3) is 6.25. The van der Waals surface area contributed by atoms with Gasteiger partial charge in [-0.25, -0.2) is 9.67 Å². The second-order valence-electron chi connectivity index (χ2n) is 9.28. The molecule has 1 saturated heterocycles. The van der Waals surface area contributed by atoms with Crippen LogP contribution in [0.1, 0.15) is 5.56 Å². The van der Waals surface area contributed by atoms with Crippen LogP contribution in [0.25, 0.3) is 0 Å². The molecule has 0 radical (unpaired) electrons. The molecule has 1 fully saturated rings. The van der Waals surface area contributed by atoms with Crippen molar-refractivity contribution in [3.63, 3.8) is 0 Å². The van der Waals surface area contributed by atoms with E-state index in [1.807, 2.05) is 24.3 Å². The lowest BCUT2D eigenvalue weighted by Crippen LogP contribution is -2.46. The van der Waals surface area contributed by atoms with Crippen molar-refractivity contribution < 1.29 is 14.8 Å². The molecule has 1 aromatic heterocycles. The minimum Gasteiger partial charge on any atom is -0.490 e. The van der Waals surface area contributed by atoms with Crippen LogP contribution in [0.3, 0.4) is 0 Å². The first-order valence-electron chi connectivity index (χ1n) is 12.3. The maximum atomic E-state index is 11.6. The lowest BCUT2D eigenvalue weighted by molar-refractivity contribution is -0.384. The summed E-state index contributed by atoms with van der Waals surface area (Å²) in [6, 6.07) is 19.3. The number of aliphatic hydroxyl groups is 1. The number of nitro benzene ring substituents is 1. The zero-order valence-electron chi connectivity index (χ0n) is 20.9. The van der Waals surface area contributed by atoms with Crippen LogP contribution >= 0.6 is 23.2 Å². The molecule has 1 unspecified atom stereocenters. The number of nitrogens with zero attached hydrogens (tertiary/aromatic N) is 6. The molecule has 1 aliphatic rings. The van der Waals surface area contributed by atoms with Crippen LogP contribution in [0.5, 0.6) is 5.75 Å². The van der Waals surface area contributed by atoms with E-state index < -0.39 is 5.60 Å². The Balaban J connectivity index is 1.22. The standard InChI is InChI=1S/C27H26Cl2N6O4/c28-20-1-10-25(26(29)15-20)27(36,16-34-19-30-18-31-34)17-39-24-8-6-22(7-9-24)33-13-11-32(12-14-33)21-2-4-23(5-3-21)35(37)38/h1-10,15,18-19,36H,11-14,16-17H2. The van der Waals surface area contributed by atoms with Crippen LogP contribution in [-0.2, 0) is 12.1 Å². The van der Waals surface area contributed by atoms with Crippen molar-refractivity contribution in [2.75, 3.05) is 42.6 Å². The Labute approximate surface area is 235 Å². The summed E-state index contributed by atoms with van der Waals surface area (Å²) in [4.78, 5) is 19.0. The number of non-ortho nitro benzene ring substituents is 1.